The summed E-state index contributed by atoms with van der Waals surface area (Å²) in [6.45, 7) is 24.1. The van der Waals surface area contributed by atoms with Gasteiger partial charge in [0.25, 0.3) is 0 Å². The highest BCUT2D eigenvalue weighted by Gasteiger charge is 2.45. The van der Waals surface area contributed by atoms with Crippen LogP contribution in [0.2, 0.25) is 0 Å². The lowest BCUT2D eigenvalue weighted by Gasteiger charge is -2.35. The average molecular weight is 691 g/mol. The summed E-state index contributed by atoms with van der Waals surface area (Å²) >= 11 is 0. The first-order chi connectivity index (χ1) is 25.7. The van der Waals surface area contributed by atoms with E-state index in [1.807, 2.05) is 0 Å². The number of aryl methyl sites for hydroxylation is 4. The molecule has 12 rings (SSSR count). The van der Waals surface area contributed by atoms with Crippen LogP contribution in [0.25, 0.3) is 76.8 Å². The smallest absolute Gasteiger partial charge is 0.0661 e. The highest BCUT2D eigenvalue weighted by atomic mass is 14.4. The van der Waals surface area contributed by atoms with E-state index >= 15 is 0 Å². The molecule has 8 aromatic rings. The van der Waals surface area contributed by atoms with E-state index in [9.17, 15) is 0 Å². The van der Waals surface area contributed by atoms with Crippen molar-refractivity contribution in [3.05, 3.63) is 118 Å². The molecule has 0 saturated carbocycles. The van der Waals surface area contributed by atoms with Crippen LogP contribution in [-0.4, -0.2) is 13.4 Å². The quantitative estimate of drug-likeness (QED) is 0.110. The molecule has 258 valence electrons. The van der Waals surface area contributed by atoms with Crippen LogP contribution < -0.4 is 32.8 Å². The first-order valence-corrected chi connectivity index (χ1v) is 20.1. The molecule has 0 fully saturated rings. The summed E-state index contributed by atoms with van der Waals surface area (Å²) in [6.07, 6.45) is 0. The van der Waals surface area contributed by atoms with Crippen molar-refractivity contribution in [3.8, 4) is 44.5 Å². The Morgan fingerprint density at radius 2 is 0.685 bits per heavy atom. The predicted molar refractivity (Wildman–Crippen MR) is 238 cm³/mol. The van der Waals surface area contributed by atoms with E-state index in [0.29, 0.717) is 0 Å². The van der Waals surface area contributed by atoms with Crippen LogP contribution in [0.1, 0.15) is 74.9 Å². The molecule has 0 nitrogen and oxygen atoms in total. The number of rotatable bonds is 0. The minimum atomic E-state index is -0.0507. The summed E-state index contributed by atoms with van der Waals surface area (Å²) < 4.78 is 0. The molecule has 0 aromatic heterocycles. The largest absolute Gasteiger partial charge is 0.244 e. The lowest BCUT2D eigenvalue weighted by atomic mass is 9.34. The Balaban J connectivity index is 1.35. The van der Waals surface area contributed by atoms with Gasteiger partial charge in [-0.25, -0.2) is 0 Å². The second-order valence-electron chi connectivity index (χ2n) is 19.6. The molecule has 0 atom stereocenters. The van der Waals surface area contributed by atoms with Gasteiger partial charge in [-0.1, -0.05) is 158 Å². The van der Waals surface area contributed by atoms with Crippen LogP contribution in [0, 0.1) is 27.7 Å². The van der Waals surface area contributed by atoms with Crippen LogP contribution in [-0.2, 0) is 10.8 Å². The minimum absolute atomic E-state index is 0.0507. The van der Waals surface area contributed by atoms with Gasteiger partial charge in [-0.15, -0.1) is 0 Å². The zero-order valence-corrected chi connectivity index (χ0v) is 33.2. The number of hydrogen-bond donors (Lipinski definition) is 0. The lowest BCUT2D eigenvalue weighted by molar-refractivity contribution is 0.595. The second-order valence-corrected chi connectivity index (χ2v) is 19.6. The maximum Gasteiger partial charge on any atom is 0.244 e. The maximum absolute atomic E-state index is 2.68. The first-order valence-electron chi connectivity index (χ1n) is 20.1. The fourth-order valence-corrected chi connectivity index (χ4v) is 11.8. The van der Waals surface area contributed by atoms with Gasteiger partial charge in [-0.05, 0) is 150 Å². The molecule has 0 saturated heterocycles. The normalized spacial score (nSPS) is 14.4. The van der Waals surface area contributed by atoms with Crippen LogP contribution in [0.5, 0.6) is 0 Å². The topological polar surface area (TPSA) is 0 Å². The molecule has 4 heterocycles. The van der Waals surface area contributed by atoms with E-state index in [-0.39, 0.29) is 24.3 Å². The monoisotopic (exact) mass is 690 g/mol. The van der Waals surface area contributed by atoms with Gasteiger partial charge < -0.3 is 0 Å². The molecular formula is C52H44B2. The number of benzene rings is 8. The summed E-state index contributed by atoms with van der Waals surface area (Å²) in [5, 5.41) is 8.84. The van der Waals surface area contributed by atoms with Crippen molar-refractivity contribution in [1.29, 1.82) is 0 Å². The van der Waals surface area contributed by atoms with Crippen molar-refractivity contribution in [3.63, 3.8) is 0 Å². The predicted octanol–water partition coefficient (Wildman–Crippen LogP) is 9.37. The molecule has 0 bridgehead atoms. The Morgan fingerprint density at radius 3 is 1.06 bits per heavy atom. The molecule has 0 unspecified atom stereocenters. The molecule has 0 spiro atoms. The number of fused-ring (bicyclic) bond motifs is 10. The first kappa shape index (κ1) is 31.3. The molecule has 0 N–H and O–H groups in total. The molecule has 4 aliphatic rings. The molecule has 0 radical (unpaired) electrons. The van der Waals surface area contributed by atoms with Gasteiger partial charge in [0.2, 0.25) is 13.4 Å². The van der Waals surface area contributed by atoms with Crippen molar-refractivity contribution >= 4 is 78.5 Å². The van der Waals surface area contributed by atoms with Crippen molar-refractivity contribution in [1.82, 2.24) is 0 Å². The Bertz CT molecular complexity index is 2890. The highest BCUT2D eigenvalue weighted by Crippen LogP contribution is 2.51. The van der Waals surface area contributed by atoms with Gasteiger partial charge in [0.05, 0.1) is 0 Å². The van der Waals surface area contributed by atoms with Crippen molar-refractivity contribution in [2.24, 2.45) is 0 Å². The van der Waals surface area contributed by atoms with Crippen LogP contribution in [0.15, 0.2) is 84.9 Å². The third-order valence-electron chi connectivity index (χ3n) is 13.8. The highest BCUT2D eigenvalue weighted by molar-refractivity contribution is 7.03. The van der Waals surface area contributed by atoms with Gasteiger partial charge in [-0.2, -0.15) is 0 Å². The van der Waals surface area contributed by atoms with Crippen LogP contribution in [0.4, 0.5) is 0 Å². The molecule has 0 aliphatic carbocycles. The van der Waals surface area contributed by atoms with E-state index in [1.165, 1.54) is 143 Å². The van der Waals surface area contributed by atoms with E-state index in [0.717, 1.165) is 0 Å². The Morgan fingerprint density at radius 1 is 0.333 bits per heavy atom. The van der Waals surface area contributed by atoms with Gasteiger partial charge in [0.1, 0.15) is 0 Å². The van der Waals surface area contributed by atoms with Gasteiger partial charge in [-0.3, -0.25) is 0 Å². The number of hydrogen-bond acceptors (Lipinski definition) is 0. The summed E-state index contributed by atoms with van der Waals surface area (Å²) in [5.41, 5.74) is 28.6. The Labute approximate surface area is 320 Å². The summed E-state index contributed by atoms with van der Waals surface area (Å²) in [7, 11) is 0. The molecule has 2 heteroatoms. The third kappa shape index (κ3) is 3.64. The summed E-state index contributed by atoms with van der Waals surface area (Å²) in [4.78, 5) is 0. The average Bonchev–Trinajstić information content (AvgIpc) is 3.60. The summed E-state index contributed by atoms with van der Waals surface area (Å²) in [6, 6.07) is 35.0. The zero-order chi connectivity index (χ0) is 37.1. The van der Waals surface area contributed by atoms with E-state index in [2.05, 4.69) is 154 Å². The molecular weight excluding hydrogens is 646 g/mol. The van der Waals surface area contributed by atoms with Crippen LogP contribution in [0.3, 0.4) is 0 Å². The fraction of sp³-hybridized carbons (Fsp3) is 0.231. The zero-order valence-electron chi connectivity index (χ0n) is 33.2. The molecule has 0 amide bonds. The van der Waals surface area contributed by atoms with Gasteiger partial charge in [0, 0.05) is 0 Å². The minimum Gasteiger partial charge on any atom is -0.0661 e. The Hall–Kier alpha value is -5.07. The Kier molecular flexibility index (Phi) is 5.56. The molecule has 54 heavy (non-hydrogen) atoms. The standard InChI is InChI=1S/C52H44B2/c1-25-11-13-41-29(15-25)33-17-27(3)19-35-31-21-39(51(5,6)7)38-24-44-46-32(36-20-28(4)18-34-30-16-26(2)12-14-42(30)54(44)50(34)36)22-40(52(8,9)10)37-23-43(53(41)49(33)35)45(31)47(38)48(37)46/h11-24H,1-10H3. The summed E-state index contributed by atoms with van der Waals surface area (Å²) in [5.74, 6) is 0. The van der Waals surface area contributed by atoms with E-state index in [4.69, 9.17) is 0 Å². The molecule has 4 aliphatic heterocycles. The maximum atomic E-state index is 2.68. The van der Waals surface area contributed by atoms with E-state index in [1.54, 1.807) is 0 Å². The molecule has 8 aromatic carbocycles. The van der Waals surface area contributed by atoms with Gasteiger partial charge >= 0.3 is 0 Å². The van der Waals surface area contributed by atoms with Crippen molar-refractivity contribution in [2.45, 2.75) is 80.1 Å². The van der Waals surface area contributed by atoms with Crippen LogP contribution >= 0.6 is 0 Å². The fourth-order valence-electron chi connectivity index (χ4n) is 11.8. The third-order valence-corrected chi connectivity index (χ3v) is 13.8. The van der Waals surface area contributed by atoms with Crippen molar-refractivity contribution < 1.29 is 0 Å². The SMILES string of the molecule is Cc1ccc2c(c1)-c1cc(C)cc3c1B2c1cc2c(C(C)(C)C)cc4c5c(cc6c(C(C)(C)C)cc-3c1c6c25)B1c2ccc(C)cc2-c2cc(C)cc-4c21. The van der Waals surface area contributed by atoms with E-state index < -0.39 is 0 Å². The van der Waals surface area contributed by atoms with Gasteiger partial charge in [0.15, 0.2) is 0 Å². The second kappa shape index (κ2) is 9.59. The van der Waals surface area contributed by atoms with Crippen molar-refractivity contribution in [2.75, 3.05) is 0 Å². The lowest BCUT2D eigenvalue weighted by Crippen LogP contribution is -2.53.